The Morgan fingerprint density at radius 1 is 1.45 bits per heavy atom. The molecule has 2 aromatic rings. The molecule has 20 heavy (non-hydrogen) atoms. The fourth-order valence-electron chi connectivity index (χ4n) is 1.53. The number of nitro groups is 1. The predicted molar refractivity (Wildman–Crippen MR) is 70.5 cm³/mol. The number of nitrogens with one attached hydrogen (secondary N) is 1. The van der Waals surface area contributed by atoms with E-state index in [1.165, 1.54) is 24.3 Å². The van der Waals surface area contributed by atoms with Crippen molar-refractivity contribution >= 4 is 32.5 Å². The molecule has 0 aliphatic carbocycles. The van der Waals surface area contributed by atoms with Crippen molar-refractivity contribution in [1.82, 2.24) is 0 Å². The standard InChI is InChI=1S/C11H10N2O6S/c1-20(16,17)18-6-9(12)11-5-7-4-8(13(14)15)2-3-10(7)19-11/h2-5,12H,6H2,1H3. The fourth-order valence-corrected chi connectivity index (χ4v) is 1.86. The molecule has 0 fully saturated rings. The normalized spacial score (nSPS) is 11.7. The first-order chi connectivity index (χ1) is 9.26. The van der Waals surface area contributed by atoms with Gasteiger partial charge in [0.25, 0.3) is 15.8 Å². The van der Waals surface area contributed by atoms with Crippen LogP contribution in [0, 0.1) is 15.5 Å². The van der Waals surface area contributed by atoms with E-state index >= 15 is 0 Å². The lowest BCUT2D eigenvalue weighted by Crippen LogP contribution is -2.12. The minimum Gasteiger partial charge on any atom is -0.455 e. The highest BCUT2D eigenvalue weighted by molar-refractivity contribution is 7.86. The zero-order valence-electron chi connectivity index (χ0n) is 10.3. The van der Waals surface area contributed by atoms with Crippen LogP contribution in [-0.2, 0) is 14.3 Å². The second-order valence-corrected chi connectivity index (χ2v) is 5.68. The van der Waals surface area contributed by atoms with Gasteiger partial charge in [-0.05, 0) is 12.1 Å². The van der Waals surface area contributed by atoms with Crippen LogP contribution in [0.2, 0.25) is 0 Å². The summed E-state index contributed by atoms with van der Waals surface area (Å²) in [4.78, 5) is 10.1. The first-order valence-corrected chi connectivity index (χ1v) is 7.18. The Balaban J connectivity index is 2.27. The van der Waals surface area contributed by atoms with Crippen LogP contribution in [0.15, 0.2) is 28.7 Å². The molecule has 0 aliphatic rings. The number of rotatable bonds is 5. The van der Waals surface area contributed by atoms with Crippen molar-refractivity contribution in [3.05, 3.63) is 40.1 Å². The largest absolute Gasteiger partial charge is 0.455 e. The monoisotopic (exact) mass is 298 g/mol. The quantitative estimate of drug-likeness (QED) is 0.387. The molecule has 2 rings (SSSR count). The van der Waals surface area contributed by atoms with Gasteiger partial charge in [0.1, 0.15) is 17.9 Å². The molecule has 0 bridgehead atoms. The molecule has 0 amide bonds. The van der Waals surface area contributed by atoms with Gasteiger partial charge in [-0.2, -0.15) is 8.42 Å². The Kier molecular flexibility index (Phi) is 3.55. The molecule has 9 heteroatoms. The molecule has 0 spiro atoms. The fraction of sp³-hybridized carbons (Fsp3) is 0.182. The number of non-ortho nitro benzene ring substituents is 1. The molecule has 1 N–H and O–H groups in total. The predicted octanol–water partition coefficient (Wildman–Crippen LogP) is 1.69. The van der Waals surface area contributed by atoms with Crippen LogP contribution < -0.4 is 0 Å². The Bertz CT molecular complexity index is 792. The number of nitro benzene ring substituents is 1. The van der Waals surface area contributed by atoms with E-state index in [4.69, 9.17) is 9.83 Å². The lowest BCUT2D eigenvalue weighted by atomic mass is 10.2. The van der Waals surface area contributed by atoms with Crippen molar-refractivity contribution in [2.24, 2.45) is 0 Å². The maximum absolute atomic E-state index is 10.8. The number of hydrogen-bond donors (Lipinski definition) is 1. The third-order valence-electron chi connectivity index (χ3n) is 2.43. The van der Waals surface area contributed by atoms with Crippen molar-refractivity contribution < 1.29 is 21.9 Å². The Hall–Kier alpha value is -2.26. The van der Waals surface area contributed by atoms with Gasteiger partial charge < -0.3 is 4.42 Å². The maximum Gasteiger partial charge on any atom is 0.270 e. The first-order valence-electron chi connectivity index (χ1n) is 5.36. The van der Waals surface area contributed by atoms with Crippen LogP contribution in [0.5, 0.6) is 0 Å². The van der Waals surface area contributed by atoms with Crippen molar-refractivity contribution in [2.75, 3.05) is 12.9 Å². The van der Waals surface area contributed by atoms with Crippen molar-refractivity contribution in [3.63, 3.8) is 0 Å². The third kappa shape index (κ3) is 3.19. The highest BCUT2D eigenvalue weighted by Gasteiger charge is 2.14. The van der Waals surface area contributed by atoms with E-state index in [2.05, 4.69) is 4.18 Å². The average molecular weight is 298 g/mol. The Morgan fingerprint density at radius 3 is 2.75 bits per heavy atom. The molecule has 0 radical (unpaired) electrons. The second-order valence-electron chi connectivity index (χ2n) is 4.03. The highest BCUT2D eigenvalue weighted by Crippen LogP contribution is 2.24. The van der Waals surface area contributed by atoms with Crippen LogP contribution in [0.25, 0.3) is 11.0 Å². The van der Waals surface area contributed by atoms with Crippen LogP contribution >= 0.6 is 0 Å². The molecule has 0 atom stereocenters. The summed E-state index contributed by atoms with van der Waals surface area (Å²) < 4.78 is 31.5. The van der Waals surface area contributed by atoms with E-state index in [9.17, 15) is 18.5 Å². The van der Waals surface area contributed by atoms with Crippen LogP contribution in [0.4, 0.5) is 5.69 Å². The van der Waals surface area contributed by atoms with Crippen molar-refractivity contribution in [1.29, 1.82) is 5.41 Å². The number of hydrogen-bond acceptors (Lipinski definition) is 7. The van der Waals surface area contributed by atoms with Gasteiger partial charge in [-0.3, -0.25) is 19.7 Å². The number of benzene rings is 1. The maximum atomic E-state index is 10.8. The van der Waals surface area contributed by atoms with Crippen LogP contribution in [-0.4, -0.2) is 31.9 Å². The Labute approximate surface area is 113 Å². The van der Waals surface area contributed by atoms with Crippen molar-refractivity contribution in [3.8, 4) is 0 Å². The van der Waals surface area contributed by atoms with Crippen LogP contribution in [0.1, 0.15) is 5.76 Å². The van der Waals surface area contributed by atoms with E-state index < -0.39 is 21.6 Å². The first kappa shape index (κ1) is 14.2. The molecule has 1 aromatic carbocycles. The topological polar surface area (TPSA) is 124 Å². The molecular weight excluding hydrogens is 288 g/mol. The van der Waals surface area contributed by atoms with Crippen molar-refractivity contribution in [2.45, 2.75) is 0 Å². The van der Waals surface area contributed by atoms with Gasteiger partial charge in [0.05, 0.1) is 11.2 Å². The average Bonchev–Trinajstić information content (AvgIpc) is 2.77. The summed E-state index contributed by atoms with van der Waals surface area (Å²) in [6.07, 6.45) is 0.877. The summed E-state index contributed by atoms with van der Waals surface area (Å²) in [5.74, 6) is 0.101. The van der Waals surface area contributed by atoms with Gasteiger partial charge in [-0.25, -0.2) is 0 Å². The van der Waals surface area contributed by atoms with E-state index in [0.717, 1.165) is 6.26 Å². The molecule has 0 saturated heterocycles. The Morgan fingerprint density at radius 2 is 2.15 bits per heavy atom. The van der Waals surface area contributed by atoms with E-state index in [1.54, 1.807) is 0 Å². The minimum absolute atomic E-state index is 0.0937. The molecule has 0 unspecified atom stereocenters. The number of nitrogens with zero attached hydrogens (tertiary/aromatic N) is 1. The van der Waals surface area contributed by atoms with E-state index in [-0.39, 0.29) is 17.2 Å². The summed E-state index contributed by atoms with van der Waals surface area (Å²) in [6.45, 7) is -0.458. The SMILES string of the molecule is CS(=O)(=O)OCC(=N)c1cc2cc([N+](=O)[O-])ccc2o1. The summed E-state index contributed by atoms with van der Waals surface area (Å²) in [6, 6.07) is 5.44. The smallest absolute Gasteiger partial charge is 0.270 e. The van der Waals surface area contributed by atoms with E-state index in [0.29, 0.717) is 11.0 Å². The summed E-state index contributed by atoms with van der Waals surface area (Å²) in [5, 5.41) is 18.8. The van der Waals surface area contributed by atoms with Crippen LogP contribution in [0.3, 0.4) is 0 Å². The van der Waals surface area contributed by atoms with Gasteiger partial charge in [-0.15, -0.1) is 0 Å². The number of furan rings is 1. The lowest BCUT2D eigenvalue weighted by molar-refractivity contribution is -0.384. The lowest BCUT2D eigenvalue weighted by Gasteiger charge is -1.99. The molecule has 0 aliphatic heterocycles. The number of fused-ring (bicyclic) bond motifs is 1. The summed E-state index contributed by atoms with van der Waals surface area (Å²) >= 11 is 0. The molecule has 0 saturated carbocycles. The summed E-state index contributed by atoms with van der Waals surface area (Å²) in [7, 11) is -3.65. The zero-order chi connectivity index (χ0) is 14.9. The summed E-state index contributed by atoms with van der Waals surface area (Å²) in [5.41, 5.74) is 0.104. The molecule has 1 aromatic heterocycles. The molecule has 8 nitrogen and oxygen atoms in total. The third-order valence-corrected chi connectivity index (χ3v) is 2.97. The van der Waals surface area contributed by atoms with E-state index in [1.807, 2.05) is 0 Å². The minimum atomic E-state index is -3.65. The molecule has 106 valence electrons. The van der Waals surface area contributed by atoms with Gasteiger partial charge >= 0.3 is 0 Å². The zero-order valence-corrected chi connectivity index (χ0v) is 11.1. The second kappa shape index (κ2) is 5.02. The molecule has 1 heterocycles. The van der Waals surface area contributed by atoms with Gasteiger partial charge in [0.2, 0.25) is 0 Å². The highest BCUT2D eigenvalue weighted by atomic mass is 32.2. The van der Waals surface area contributed by atoms with Gasteiger partial charge in [0, 0.05) is 17.5 Å². The van der Waals surface area contributed by atoms with Gasteiger partial charge in [-0.1, -0.05) is 0 Å². The van der Waals surface area contributed by atoms with Gasteiger partial charge in [0.15, 0.2) is 5.76 Å². The molecular formula is C11H10N2O6S.